The first kappa shape index (κ1) is 19.0. The number of hydrogen-bond donors (Lipinski definition) is 3. The van der Waals surface area contributed by atoms with E-state index in [-0.39, 0.29) is 12.0 Å². The van der Waals surface area contributed by atoms with Crippen LogP contribution in [0.1, 0.15) is 37.7 Å². The van der Waals surface area contributed by atoms with Crippen LogP contribution < -0.4 is 15.4 Å². The number of ether oxygens (including phenoxy) is 2. The number of benzene rings is 1. The molecule has 0 bridgehead atoms. The summed E-state index contributed by atoms with van der Waals surface area (Å²) in [5.74, 6) is 2.25. The van der Waals surface area contributed by atoms with Crippen LogP contribution in [0.3, 0.4) is 0 Å². The lowest BCUT2D eigenvalue weighted by atomic mass is 9.84. The van der Waals surface area contributed by atoms with Crippen LogP contribution in [0.25, 0.3) is 0 Å². The summed E-state index contributed by atoms with van der Waals surface area (Å²) in [5.41, 5.74) is 1.24. The highest BCUT2D eigenvalue weighted by Crippen LogP contribution is 2.33. The normalized spacial score (nSPS) is 25.5. The van der Waals surface area contributed by atoms with Crippen LogP contribution in [0.4, 0.5) is 0 Å². The fourth-order valence-electron chi connectivity index (χ4n) is 3.72. The highest BCUT2D eigenvalue weighted by atomic mass is 16.5. The van der Waals surface area contributed by atoms with Gasteiger partial charge < -0.3 is 25.2 Å². The molecule has 144 valence electrons. The molecule has 6 nitrogen and oxygen atoms in total. The number of hydrogen-bond acceptors (Lipinski definition) is 4. The van der Waals surface area contributed by atoms with E-state index in [0.29, 0.717) is 19.1 Å². The zero-order valence-electron chi connectivity index (χ0n) is 15.7. The summed E-state index contributed by atoms with van der Waals surface area (Å²) in [5, 5.41) is 16.2. The third kappa shape index (κ3) is 4.68. The molecular formula is C20H31N3O3. The van der Waals surface area contributed by atoms with Gasteiger partial charge in [-0.1, -0.05) is 18.2 Å². The Morgan fingerprint density at radius 1 is 1.31 bits per heavy atom. The van der Waals surface area contributed by atoms with E-state index >= 15 is 0 Å². The van der Waals surface area contributed by atoms with Gasteiger partial charge in [0.2, 0.25) is 0 Å². The number of aliphatic imine (C=N–C) groups is 1. The van der Waals surface area contributed by atoms with Crippen molar-refractivity contribution in [3.63, 3.8) is 0 Å². The summed E-state index contributed by atoms with van der Waals surface area (Å²) in [6, 6.07) is 8.28. The number of nitrogens with zero attached hydrogens (tertiary/aromatic N) is 1. The van der Waals surface area contributed by atoms with Gasteiger partial charge in [0.05, 0.1) is 19.8 Å². The topological polar surface area (TPSA) is 75.1 Å². The van der Waals surface area contributed by atoms with Crippen LogP contribution in [-0.4, -0.2) is 57.1 Å². The molecule has 1 fully saturated rings. The number of nitrogens with one attached hydrogen (secondary N) is 2. The summed E-state index contributed by atoms with van der Waals surface area (Å²) in [4.78, 5) is 4.80. The van der Waals surface area contributed by atoms with E-state index in [2.05, 4.69) is 29.7 Å². The van der Waals surface area contributed by atoms with Crippen molar-refractivity contribution in [3.8, 4) is 5.75 Å². The van der Waals surface area contributed by atoms with Crippen molar-refractivity contribution in [2.24, 2.45) is 10.4 Å². The SMILES string of the molecule is CCNC(=NCC1(CCO)CCOC1)NCC1CCOc2ccccc21. The van der Waals surface area contributed by atoms with E-state index in [0.717, 1.165) is 57.3 Å². The largest absolute Gasteiger partial charge is 0.493 e. The molecule has 2 aliphatic heterocycles. The Hall–Kier alpha value is -1.79. The molecule has 1 saturated heterocycles. The van der Waals surface area contributed by atoms with Gasteiger partial charge >= 0.3 is 0 Å². The maximum atomic E-state index is 9.38. The molecular weight excluding hydrogens is 330 g/mol. The predicted molar refractivity (Wildman–Crippen MR) is 103 cm³/mol. The van der Waals surface area contributed by atoms with Crippen molar-refractivity contribution >= 4 is 5.96 Å². The van der Waals surface area contributed by atoms with Gasteiger partial charge in [-0.05, 0) is 37.8 Å². The van der Waals surface area contributed by atoms with Crippen molar-refractivity contribution in [1.29, 1.82) is 0 Å². The quantitative estimate of drug-likeness (QED) is 0.511. The van der Waals surface area contributed by atoms with Gasteiger partial charge in [0.1, 0.15) is 5.75 Å². The molecule has 0 aromatic heterocycles. The van der Waals surface area contributed by atoms with Crippen LogP contribution >= 0.6 is 0 Å². The molecule has 0 spiro atoms. The number of aliphatic hydroxyl groups excluding tert-OH is 1. The lowest BCUT2D eigenvalue weighted by Crippen LogP contribution is -2.41. The molecule has 2 aliphatic rings. The second-order valence-corrected chi connectivity index (χ2v) is 7.22. The Balaban J connectivity index is 1.62. The van der Waals surface area contributed by atoms with E-state index in [4.69, 9.17) is 14.5 Å². The molecule has 2 heterocycles. The van der Waals surface area contributed by atoms with Crippen molar-refractivity contribution in [3.05, 3.63) is 29.8 Å². The highest BCUT2D eigenvalue weighted by molar-refractivity contribution is 5.79. The van der Waals surface area contributed by atoms with E-state index in [1.165, 1.54) is 5.56 Å². The molecule has 0 amide bonds. The summed E-state index contributed by atoms with van der Waals surface area (Å²) in [6.07, 6.45) is 2.71. The number of guanidine groups is 1. The maximum Gasteiger partial charge on any atom is 0.191 e. The van der Waals surface area contributed by atoms with Gasteiger partial charge in [0.25, 0.3) is 0 Å². The maximum absolute atomic E-state index is 9.38. The van der Waals surface area contributed by atoms with Crippen molar-refractivity contribution in [2.45, 2.75) is 32.1 Å². The van der Waals surface area contributed by atoms with Crippen molar-refractivity contribution in [2.75, 3.05) is 46.1 Å². The molecule has 26 heavy (non-hydrogen) atoms. The van der Waals surface area contributed by atoms with Gasteiger partial charge in [-0.3, -0.25) is 4.99 Å². The minimum absolute atomic E-state index is 0.0254. The van der Waals surface area contributed by atoms with Crippen LogP contribution in [0, 0.1) is 5.41 Å². The summed E-state index contributed by atoms with van der Waals surface area (Å²) in [7, 11) is 0. The highest BCUT2D eigenvalue weighted by Gasteiger charge is 2.34. The first-order valence-corrected chi connectivity index (χ1v) is 9.69. The smallest absolute Gasteiger partial charge is 0.191 e. The third-order valence-electron chi connectivity index (χ3n) is 5.34. The minimum atomic E-state index is -0.0254. The fraction of sp³-hybridized carbons (Fsp3) is 0.650. The van der Waals surface area contributed by atoms with E-state index < -0.39 is 0 Å². The molecule has 1 aromatic carbocycles. The second kappa shape index (κ2) is 9.24. The first-order chi connectivity index (χ1) is 12.8. The van der Waals surface area contributed by atoms with Gasteiger partial charge in [0.15, 0.2) is 5.96 Å². The van der Waals surface area contributed by atoms with Crippen LogP contribution in [0.2, 0.25) is 0 Å². The van der Waals surface area contributed by atoms with E-state index in [9.17, 15) is 5.11 Å². The Bertz CT molecular complexity index is 600. The zero-order chi connectivity index (χ0) is 18.2. The van der Waals surface area contributed by atoms with Crippen LogP contribution in [-0.2, 0) is 4.74 Å². The Morgan fingerprint density at radius 2 is 2.19 bits per heavy atom. The summed E-state index contributed by atoms with van der Waals surface area (Å²) >= 11 is 0. The van der Waals surface area contributed by atoms with Crippen LogP contribution in [0.5, 0.6) is 5.75 Å². The minimum Gasteiger partial charge on any atom is -0.493 e. The van der Waals surface area contributed by atoms with Gasteiger partial charge in [-0.2, -0.15) is 0 Å². The predicted octanol–water partition coefficient (Wildman–Crippen LogP) is 1.90. The second-order valence-electron chi connectivity index (χ2n) is 7.22. The summed E-state index contributed by atoms with van der Waals surface area (Å²) < 4.78 is 11.3. The lowest BCUT2D eigenvalue weighted by molar-refractivity contribution is 0.131. The summed E-state index contributed by atoms with van der Waals surface area (Å²) in [6.45, 7) is 6.78. The number of para-hydroxylation sites is 1. The molecule has 0 saturated carbocycles. The van der Waals surface area contributed by atoms with E-state index in [1.807, 2.05) is 12.1 Å². The molecule has 2 unspecified atom stereocenters. The number of rotatable bonds is 7. The molecule has 0 aliphatic carbocycles. The van der Waals surface area contributed by atoms with Gasteiger partial charge in [-0.25, -0.2) is 0 Å². The average molecular weight is 361 g/mol. The molecule has 0 radical (unpaired) electrons. The number of fused-ring (bicyclic) bond motifs is 1. The molecule has 2 atom stereocenters. The fourth-order valence-corrected chi connectivity index (χ4v) is 3.72. The molecule has 1 aromatic rings. The monoisotopic (exact) mass is 361 g/mol. The Labute approximate surface area is 156 Å². The standard InChI is InChI=1S/C20H31N3O3/c1-2-21-19(23-14-20(8-10-24)9-12-25-15-20)22-13-16-7-11-26-18-6-4-3-5-17(16)18/h3-6,16,24H,2,7-15H2,1H3,(H2,21,22,23). The van der Waals surface area contributed by atoms with Crippen LogP contribution in [0.15, 0.2) is 29.3 Å². The molecule has 3 rings (SSSR count). The number of aliphatic hydroxyl groups is 1. The molecule has 6 heteroatoms. The lowest BCUT2D eigenvalue weighted by Gasteiger charge is -2.27. The molecule has 3 N–H and O–H groups in total. The van der Waals surface area contributed by atoms with Crippen molar-refractivity contribution in [1.82, 2.24) is 10.6 Å². The third-order valence-corrected chi connectivity index (χ3v) is 5.34. The van der Waals surface area contributed by atoms with Gasteiger partial charge in [0, 0.05) is 37.6 Å². The average Bonchev–Trinajstić information content (AvgIpc) is 3.13. The van der Waals surface area contributed by atoms with Crippen molar-refractivity contribution < 1.29 is 14.6 Å². The zero-order valence-corrected chi connectivity index (χ0v) is 15.7. The Morgan fingerprint density at radius 3 is 2.96 bits per heavy atom. The van der Waals surface area contributed by atoms with Gasteiger partial charge in [-0.15, -0.1) is 0 Å². The Kier molecular flexibility index (Phi) is 6.74. The van der Waals surface area contributed by atoms with E-state index in [1.54, 1.807) is 0 Å². The first-order valence-electron chi connectivity index (χ1n) is 9.69.